The Morgan fingerprint density at radius 2 is 1.81 bits per heavy atom. The first-order valence-electron chi connectivity index (χ1n) is 4.53. The molecule has 0 fully saturated rings. The Morgan fingerprint density at radius 3 is 2.31 bits per heavy atom. The lowest BCUT2D eigenvalue weighted by Crippen LogP contribution is -2.13. The number of halogens is 1. The fourth-order valence-electron chi connectivity index (χ4n) is 1.24. The Hall–Kier alpha value is -0.890. The molecule has 0 amide bonds. The number of nitrogens with zero attached hydrogens (tertiary/aromatic N) is 2. The molecule has 0 unspecified atom stereocenters. The van der Waals surface area contributed by atoms with Crippen molar-refractivity contribution in [3.8, 4) is 0 Å². The summed E-state index contributed by atoms with van der Waals surface area (Å²) >= 11 is 2.13. The normalized spacial score (nSPS) is 11.6. The van der Waals surface area contributed by atoms with Crippen LogP contribution in [-0.2, 0) is 10.0 Å². The van der Waals surface area contributed by atoms with Crippen molar-refractivity contribution in [1.82, 2.24) is 9.19 Å². The molecule has 6 heteroatoms. The zero-order valence-electron chi connectivity index (χ0n) is 8.46. The average molecular weight is 348 g/mol. The average Bonchev–Trinajstić information content (AvgIpc) is 2.66. The Kier molecular flexibility index (Phi) is 3.02. The molecule has 16 heavy (non-hydrogen) atoms. The predicted octanol–water partition coefficient (Wildman–Crippen LogP) is 2.03. The SMILES string of the molecule is Cc1ccn(S(=O)(=O)c2ccc(I)cc2)n1. The van der Waals surface area contributed by atoms with Crippen LogP contribution in [0.1, 0.15) is 5.69 Å². The minimum atomic E-state index is -3.53. The van der Waals surface area contributed by atoms with Crippen molar-refractivity contribution in [2.75, 3.05) is 0 Å². The molecule has 0 saturated heterocycles. The third-order valence-electron chi connectivity index (χ3n) is 2.06. The first-order valence-corrected chi connectivity index (χ1v) is 7.05. The van der Waals surface area contributed by atoms with E-state index in [1.807, 2.05) is 0 Å². The van der Waals surface area contributed by atoms with Crippen molar-refractivity contribution in [3.05, 3.63) is 45.8 Å². The van der Waals surface area contributed by atoms with Gasteiger partial charge in [-0.2, -0.15) is 17.6 Å². The zero-order valence-corrected chi connectivity index (χ0v) is 11.4. The molecule has 2 aromatic rings. The summed E-state index contributed by atoms with van der Waals surface area (Å²) < 4.78 is 26.1. The molecule has 0 saturated carbocycles. The number of benzene rings is 1. The number of hydrogen-bond donors (Lipinski definition) is 0. The maximum absolute atomic E-state index is 12.1. The second-order valence-corrected chi connectivity index (χ2v) is 6.33. The van der Waals surface area contributed by atoms with Gasteiger partial charge >= 0.3 is 0 Å². The van der Waals surface area contributed by atoms with Gasteiger partial charge < -0.3 is 0 Å². The lowest BCUT2D eigenvalue weighted by molar-refractivity contribution is 0.579. The van der Waals surface area contributed by atoms with Crippen LogP contribution in [0.5, 0.6) is 0 Å². The summed E-state index contributed by atoms with van der Waals surface area (Å²) in [5.74, 6) is 0. The van der Waals surface area contributed by atoms with Gasteiger partial charge in [-0.3, -0.25) is 0 Å². The Bertz CT molecular complexity index is 602. The molecule has 0 radical (unpaired) electrons. The molecule has 0 atom stereocenters. The second kappa shape index (κ2) is 4.17. The van der Waals surface area contributed by atoms with E-state index in [9.17, 15) is 8.42 Å². The summed E-state index contributed by atoms with van der Waals surface area (Å²) in [5, 5.41) is 3.91. The molecule has 0 N–H and O–H groups in total. The van der Waals surface area contributed by atoms with Crippen LogP contribution >= 0.6 is 22.6 Å². The fourth-order valence-corrected chi connectivity index (χ4v) is 2.76. The number of aryl methyl sites for hydroxylation is 1. The van der Waals surface area contributed by atoms with Gasteiger partial charge in [0.25, 0.3) is 10.0 Å². The van der Waals surface area contributed by atoms with Crippen LogP contribution < -0.4 is 0 Å². The highest BCUT2D eigenvalue weighted by Crippen LogP contribution is 2.15. The molecule has 2 rings (SSSR count). The van der Waals surface area contributed by atoms with E-state index in [1.165, 1.54) is 6.20 Å². The van der Waals surface area contributed by atoms with E-state index in [4.69, 9.17) is 0 Å². The first kappa shape index (κ1) is 11.6. The maximum atomic E-state index is 12.1. The van der Waals surface area contributed by atoms with Gasteiger partial charge in [0.15, 0.2) is 0 Å². The van der Waals surface area contributed by atoms with Gasteiger partial charge in [-0.25, -0.2) is 0 Å². The van der Waals surface area contributed by atoms with Crippen molar-refractivity contribution in [2.45, 2.75) is 11.8 Å². The van der Waals surface area contributed by atoms with Gasteiger partial charge in [-0.15, -0.1) is 0 Å². The fraction of sp³-hybridized carbons (Fsp3) is 0.100. The number of hydrogen-bond acceptors (Lipinski definition) is 3. The van der Waals surface area contributed by atoms with Crippen molar-refractivity contribution >= 4 is 32.6 Å². The van der Waals surface area contributed by atoms with Crippen LogP contribution in [-0.4, -0.2) is 17.6 Å². The Labute approximate surface area is 107 Å². The molecule has 0 spiro atoms. The van der Waals surface area contributed by atoms with E-state index in [2.05, 4.69) is 27.7 Å². The summed E-state index contributed by atoms with van der Waals surface area (Å²) in [6.07, 6.45) is 1.45. The van der Waals surface area contributed by atoms with Gasteiger partial charge in [0.05, 0.1) is 10.6 Å². The van der Waals surface area contributed by atoms with Crippen LogP contribution in [0.4, 0.5) is 0 Å². The molecular weight excluding hydrogens is 339 g/mol. The molecule has 0 bridgehead atoms. The topological polar surface area (TPSA) is 52.0 Å². The summed E-state index contributed by atoms with van der Waals surface area (Å²) in [4.78, 5) is 0.246. The third-order valence-corrected chi connectivity index (χ3v) is 4.34. The van der Waals surface area contributed by atoms with E-state index in [-0.39, 0.29) is 4.90 Å². The maximum Gasteiger partial charge on any atom is 0.282 e. The van der Waals surface area contributed by atoms with E-state index < -0.39 is 10.0 Å². The van der Waals surface area contributed by atoms with Crippen molar-refractivity contribution in [1.29, 1.82) is 0 Å². The van der Waals surface area contributed by atoms with Gasteiger partial charge in [0, 0.05) is 9.77 Å². The number of rotatable bonds is 2. The monoisotopic (exact) mass is 348 g/mol. The Morgan fingerprint density at radius 1 is 1.19 bits per heavy atom. The van der Waals surface area contributed by atoms with Gasteiger partial charge in [0.1, 0.15) is 0 Å². The highest BCUT2D eigenvalue weighted by molar-refractivity contribution is 14.1. The second-order valence-electron chi connectivity index (χ2n) is 3.29. The molecule has 4 nitrogen and oxygen atoms in total. The Balaban J connectivity index is 2.51. The lowest BCUT2D eigenvalue weighted by Gasteiger charge is -2.03. The first-order chi connectivity index (χ1) is 7.50. The molecule has 84 valence electrons. The standard InChI is InChI=1S/C10H9IN2O2S/c1-8-6-7-13(12-8)16(14,15)10-4-2-9(11)3-5-10/h2-7H,1H3. The molecule has 1 aromatic carbocycles. The minimum Gasteiger partial charge on any atom is -0.199 e. The van der Waals surface area contributed by atoms with Gasteiger partial charge in [-0.05, 0) is 59.8 Å². The largest absolute Gasteiger partial charge is 0.282 e. The minimum absolute atomic E-state index is 0.246. The van der Waals surface area contributed by atoms with Crippen molar-refractivity contribution < 1.29 is 8.42 Å². The number of aromatic nitrogens is 2. The van der Waals surface area contributed by atoms with E-state index in [1.54, 1.807) is 37.3 Å². The highest BCUT2D eigenvalue weighted by Gasteiger charge is 2.16. The molecule has 1 heterocycles. The van der Waals surface area contributed by atoms with Crippen LogP contribution in [0.2, 0.25) is 0 Å². The molecule has 1 aromatic heterocycles. The van der Waals surface area contributed by atoms with Crippen LogP contribution in [0.3, 0.4) is 0 Å². The van der Waals surface area contributed by atoms with Crippen LogP contribution in [0.25, 0.3) is 0 Å². The van der Waals surface area contributed by atoms with E-state index in [0.29, 0.717) is 5.69 Å². The third kappa shape index (κ3) is 2.12. The van der Waals surface area contributed by atoms with Crippen LogP contribution in [0, 0.1) is 10.5 Å². The molecule has 0 aliphatic rings. The van der Waals surface area contributed by atoms with Crippen LogP contribution in [0.15, 0.2) is 41.4 Å². The smallest absolute Gasteiger partial charge is 0.199 e. The van der Waals surface area contributed by atoms with Gasteiger partial charge in [-0.1, -0.05) is 0 Å². The van der Waals surface area contributed by atoms with Crippen molar-refractivity contribution in [2.24, 2.45) is 0 Å². The molecular formula is C10H9IN2O2S. The summed E-state index contributed by atoms with van der Waals surface area (Å²) in [7, 11) is -3.53. The van der Waals surface area contributed by atoms with E-state index in [0.717, 1.165) is 7.66 Å². The highest BCUT2D eigenvalue weighted by atomic mass is 127. The summed E-state index contributed by atoms with van der Waals surface area (Å²) in [6, 6.07) is 8.32. The lowest BCUT2D eigenvalue weighted by atomic mass is 10.4. The van der Waals surface area contributed by atoms with E-state index >= 15 is 0 Å². The summed E-state index contributed by atoms with van der Waals surface area (Å²) in [6.45, 7) is 1.75. The quantitative estimate of drug-likeness (QED) is 0.781. The molecule has 0 aliphatic heterocycles. The van der Waals surface area contributed by atoms with Gasteiger partial charge in [0.2, 0.25) is 0 Å². The summed E-state index contributed by atoms with van der Waals surface area (Å²) in [5.41, 5.74) is 0.675. The van der Waals surface area contributed by atoms with Crippen molar-refractivity contribution in [3.63, 3.8) is 0 Å². The molecule has 0 aliphatic carbocycles. The predicted molar refractivity (Wildman–Crippen MR) is 68.7 cm³/mol. The zero-order chi connectivity index (χ0) is 11.8.